The van der Waals surface area contributed by atoms with Crippen LogP contribution in [0.2, 0.25) is 5.02 Å². The second-order valence-corrected chi connectivity index (χ2v) is 11.9. The molecule has 2 aromatic carbocycles. The van der Waals surface area contributed by atoms with Crippen LogP contribution in [0.4, 0.5) is 0 Å². The van der Waals surface area contributed by atoms with E-state index in [1.807, 2.05) is 48.5 Å². The van der Waals surface area contributed by atoms with Crippen LogP contribution in [-0.4, -0.2) is 20.9 Å². The summed E-state index contributed by atoms with van der Waals surface area (Å²) in [6.45, 7) is 13.7. The summed E-state index contributed by atoms with van der Waals surface area (Å²) in [5, 5.41) is 11.4. The van der Waals surface area contributed by atoms with Gasteiger partial charge in [-0.3, -0.25) is 9.78 Å². The van der Waals surface area contributed by atoms with Crippen molar-refractivity contribution in [1.82, 2.24) is 9.88 Å². The summed E-state index contributed by atoms with van der Waals surface area (Å²) in [4.78, 5) is 21.5. The number of hydrogen-bond acceptors (Lipinski definition) is 3. The van der Waals surface area contributed by atoms with Crippen molar-refractivity contribution >= 4 is 17.5 Å². The molecule has 4 unspecified atom stereocenters. The molecule has 0 spiro atoms. The van der Waals surface area contributed by atoms with E-state index >= 15 is 0 Å². The zero-order valence-corrected chi connectivity index (χ0v) is 23.9. The fourth-order valence-electron chi connectivity index (χ4n) is 5.92. The molecule has 5 heteroatoms. The van der Waals surface area contributed by atoms with Crippen molar-refractivity contribution in [3.05, 3.63) is 112 Å². The topological polar surface area (TPSA) is 53.4 Å². The van der Waals surface area contributed by atoms with Gasteiger partial charge in [0.25, 0.3) is 0 Å². The molecule has 38 heavy (non-hydrogen) atoms. The number of aryl methyl sites for hydroxylation is 1. The normalized spacial score (nSPS) is 22.8. The Morgan fingerprint density at radius 2 is 1.84 bits per heavy atom. The fraction of sp³-hybridized carbons (Fsp3) is 0.394. The van der Waals surface area contributed by atoms with Gasteiger partial charge < -0.3 is 10.0 Å². The van der Waals surface area contributed by atoms with Crippen LogP contribution in [0.1, 0.15) is 93.0 Å². The van der Waals surface area contributed by atoms with Crippen molar-refractivity contribution in [3.63, 3.8) is 0 Å². The first-order valence-electron chi connectivity index (χ1n) is 13.4. The van der Waals surface area contributed by atoms with Crippen LogP contribution < -0.4 is 0 Å². The Morgan fingerprint density at radius 1 is 1.16 bits per heavy atom. The maximum atomic E-state index is 14.6. The van der Waals surface area contributed by atoms with Crippen molar-refractivity contribution in [2.45, 2.75) is 77.5 Å². The molecule has 1 aromatic heterocycles. The number of allylic oxidation sites excluding steroid dienone is 1. The summed E-state index contributed by atoms with van der Waals surface area (Å²) in [6.07, 6.45) is 3.84. The van der Waals surface area contributed by atoms with Crippen molar-refractivity contribution in [2.75, 3.05) is 0 Å². The largest absolute Gasteiger partial charge is 0.384 e. The zero-order chi connectivity index (χ0) is 27.7. The summed E-state index contributed by atoms with van der Waals surface area (Å²) in [5.41, 5.74) is 3.13. The first-order valence-corrected chi connectivity index (χ1v) is 13.8. The summed E-state index contributed by atoms with van der Waals surface area (Å²) in [5.74, 6) is 0.161. The molecule has 1 amide bonds. The van der Waals surface area contributed by atoms with E-state index in [4.69, 9.17) is 16.6 Å². The number of aromatic nitrogens is 1. The molecule has 200 valence electrons. The maximum Gasteiger partial charge on any atom is 0.229 e. The Bertz CT molecular complexity index is 1300. The number of aliphatic hydroxyl groups is 1. The zero-order valence-electron chi connectivity index (χ0n) is 23.1. The highest BCUT2D eigenvalue weighted by atomic mass is 35.5. The second-order valence-electron chi connectivity index (χ2n) is 11.4. The van der Waals surface area contributed by atoms with Gasteiger partial charge in [0.15, 0.2) is 0 Å². The molecule has 1 saturated heterocycles. The Balaban J connectivity index is 1.96. The van der Waals surface area contributed by atoms with Gasteiger partial charge in [-0.1, -0.05) is 79.6 Å². The monoisotopic (exact) mass is 530 g/mol. The van der Waals surface area contributed by atoms with E-state index in [0.29, 0.717) is 30.0 Å². The number of pyridine rings is 1. The highest BCUT2D eigenvalue weighted by Crippen LogP contribution is 2.54. The van der Waals surface area contributed by atoms with Crippen molar-refractivity contribution in [2.24, 2.45) is 5.41 Å². The number of nitrogens with zero attached hydrogens (tertiary/aromatic N) is 2. The minimum absolute atomic E-state index is 0.0604. The average molecular weight is 531 g/mol. The predicted molar refractivity (Wildman–Crippen MR) is 155 cm³/mol. The lowest BCUT2D eigenvalue weighted by Crippen LogP contribution is -2.53. The summed E-state index contributed by atoms with van der Waals surface area (Å²) in [7, 11) is 0. The summed E-state index contributed by atoms with van der Waals surface area (Å²) >= 11 is 6.30. The lowest BCUT2D eigenvalue weighted by Gasteiger charge is -2.52. The van der Waals surface area contributed by atoms with Gasteiger partial charge in [0, 0.05) is 10.9 Å². The Kier molecular flexibility index (Phi) is 8.15. The fourth-order valence-corrected chi connectivity index (χ4v) is 6.05. The number of carbonyl (C=O) groups is 1. The molecule has 1 fully saturated rings. The molecule has 0 radical (unpaired) electrons. The minimum Gasteiger partial charge on any atom is -0.384 e. The number of halogens is 1. The molecule has 2 heterocycles. The smallest absolute Gasteiger partial charge is 0.229 e. The summed E-state index contributed by atoms with van der Waals surface area (Å²) in [6, 6.07) is 21.7. The molecule has 4 rings (SSSR count). The Labute approximate surface area is 232 Å². The SMILES string of the molecule is C=CCC1(C)CC(c2cccc(C)c2)C(c2ccc(Cl)cc2)N(C(CC)c2cccc(C(C)(C)O)n2)C1=O. The molecular weight excluding hydrogens is 492 g/mol. The molecule has 4 nitrogen and oxygen atoms in total. The van der Waals surface area contributed by atoms with Gasteiger partial charge in [0.2, 0.25) is 5.91 Å². The highest BCUT2D eigenvalue weighted by Gasteiger charge is 2.51. The van der Waals surface area contributed by atoms with E-state index in [1.165, 1.54) is 11.1 Å². The number of carbonyl (C=O) groups excluding carboxylic acids is 1. The van der Waals surface area contributed by atoms with Gasteiger partial charge in [-0.05, 0) is 75.4 Å². The van der Waals surface area contributed by atoms with Crippen LogP contribution in [0.3, 0.4) is 0 Å². The first-order chi connectivity index (χ1) is 18.0. The first kappa shape index (κ1) is 28.1. The van der Waals surface area contributed by atoms with Crippen molar-refractivity contribution < 1.29 is 9.90 Å². The molecule has 1 aliphatic heterocycles. The van der Waals surface area contributed by atoms with Gasteiger partial charge in [-0.2, -0.15) is 0 Å². The van der Waals surface area contributed by atoms with Gasteiger partial charge in [-0.25, -0.2) is 0 Å². The van der Waals surface area contributed by atoms with Crippen LogP contribution in [0.25, 0.3) is 0 Å². The van der Waals surface area contributed by atoms with Gasteiger partial charge in [0.05, 0.1) is 28.9 Å². The standard InChI is InChI=1S/C33H39ClN2O2/c1-7-19-33(6)21-26(24-12-9-11-22(3)20-24)30(23-15-17-25(34)18-16-23)36(31(33)37)28(8-2)27-13-10-14-29(35-27)32(4,5)38/h7,9-18,20,26,28,30,38H,1,8,19,21H2,2-6H3. The highest BCUT2D eigenvalue weighted by molar-refractivity contribution is 6.30. The molecule has 0 bridgehead atoms. The summed E-state index contributed by atoms with van der Waals surface area (Å²) < 4.78 is 0. The minimum atomic E-state index is -1.09. The van der Waals surface area contributed by atoms with Crippen molar-refractivity contribution in [1.29, 1.82) is 0 Å². The third-order valence-electron chi connectivity index (χ3n) is 7.84. The predicted octanol–water partition coefficient (Wildman–Crippen LogP) is 8.06. The quantitative estimate of drug-likeness (QED) is 0.299. The van der Waals surface area contributed by atoms with Gasteiger partial charge >= 0.3 is 0 Å². The van der Waals surface area contributed by atoms with E-state index in [9.17, 15) is 9.90 Å². The lowest BCUT2D eigenvalue weighted by atomic mass is 9.66. The molecule has 1 aliphatic rings. The molecular formula is C33H39ClN2O2. The number of hydrogen-bond donors (Lipinski definition) is 1. The Morgan fingerprint density at radius 3 is 2.45 bits per heavy atom. The van der Waals surface area contributed by atoms with Crippen LogP contribution in [0.5, 0.6) is 0 Å². The molecule has 4 atom stereocenters. The maximum absolute atomic E-state index is 14.6. The third kappa shape index (κ3) is 5.57. The van der Waals surface area contributed by atoms with Crippen LogP contribution in [-0.2, 0) is 10.4 Å². The van der Waals surface area contributed by atoms with Gasteiger partial charge in [0.1, 0.15) is 5.60 Å². The van der Waals surface area contributed by atoms with E-state index in [2.05, 4.69) is 56.5 Å². The molecule has 0 saturated carbocycles. The lowest BCUT2D eigenvalue weighted by molar-refractivity contribution is -0.155. The van der Waals surface area contributed by atoms with E-state index in [1.54, 1.807) is 13.8 Å². The second kappa shape index (κ2) is 11.0. The third-order valence-corrected chi connectivity index (χ3v) is 8.09. The number of amides is 1. The van der Waals surface area contributed by atoms with Crippen LogP contribution >= 0.6 is 11.6 Å². The van der Waals surface area contributed by atoms with Crippen LogP contribution in [0.15, 0.2) is 79.4 Å². The number of benzene rings is 2. The van der Waals surface area contributed by atoms with E-state index in [0.717, 1.165) is 11.3 Å². The van der Waals surface area contributed by atoms with E-state index < -0.39 is 11.0 Å². The van der Waals surface area contributed by atoms with Crippen molar-refractivity contribution in [3.8, 4) is 0 Å². The Hall–Kier alpha value is -2.95. The molecule has 0 aliphatic carbocycles. The van der Waals surface area contributed by atoms with E-state index in [-0.39, 0.29) is 23.9 Å². The molecule has 3 aromatic rings. The number of piperidine rings is 1. The number of likely N-dealkylation sites (tertiary alicyclic amines) is 1. The molecule has 1 N–H and O–H groups in total. The van der Waals surface area contributed by atoms with Crippen LogP contribution in [0, 0.1) is 12.3 Å². The van der Waals surface area contributed by atoms with Gasteiger partial charge in [-0.15, -0.1) is 6.58 Å². The average Bonchev–Trinajstić information content (AvgIpc) is 2.87. The number of rotatable bonds is 8.